The summed E-state index contributed by atoms with van der Waals surface area (Å²) < 4.78 is 28.0. The van der Waals surface area contributed by atoms with Crippen LogP contribution >= 0.6 is 27.3 Å². The number of carbonyl (C=O) groups is 2. The van der Waals surface area contributed by atoms with Crippen molar-refractivity contribution in [3.05, 3.63) is 56.2 Å². The van der Waals surface area contributed by atoms with Gasteiger partial charge in [-0.05, 0) is 53.4 Å². The average molecular weight is 429 g/mol. The maximum atomic E-state index is 14.1. The highest BCUT2D eigenvalue weighted by molar-refractivity contribution is 9.11. The molecule has 0 radical (unpaired) electrons. The average Bonchev–Trinajstić information content (AvgIpc) is 2.96. The maximum Gasteiger partial charge on any atom is 0.261 e. The van der Waals surface area contributed by atoms with Gasteiger partial charge in [0.05, 0.1) is 20.7 Å². The molecule has 0 atom stereocenters. The lowest BCUT2D eigenvalue weighted by atomic mass is 9.71. The summed E-state index contributed by atoms with van der Waals surface area (Å²) in [6, 6.07) is 6.77. The predicted octanol–water partition coefficient (Wildman–Crippen LogP) is 3.71. The Labute approximate surface area is 155 Å². The van der Waals surface area contributed by atoms with Crippen molar-refractivity contribution in [3.8, 4) is 0 Å². The summed E-state index contributed by atoms with van der Waals surface area (Å²) in [6.45, 7) is -0.209. The Kier molecular flexibility index (Phi) is 5.19. The van der Waals surface area contributed by atoms with Crippen molar-refractivity contribution >= 4 is 39.1 Å². The van der Waals surface area contributed by atoms with Crippen molar-refractivity contribution in [2.24, 2.45) is 0 Å². The Bertz CT molecular complexity index is 821. The van der Waals surface area contributed by atoms with Crippen molar-refractivity contribution in [2.75, 3.05) is 6.54 Å². The van der Waals surface area contributed by atoms with Gasteiger partial charge in [0.15, 0.2) is 0 Å². The number of benzene rings is 1. The van der Waals surface area contributed by atoms with Crippen LogP contribution < -0.4 is 10.6 Å². The standard InChI is InChI=1S/C17H15BrF2N2O2S/c18-14-5-4-13(25-14)16(24)21-9-15(23)22-17(6-1-7-17)11-3-2-10(19)8-12(11)20/h2-5,8H,1,6-7,9H2,(H,21,24)(H,22,23). The Morgan fingerprint density at radius 2 is 1.96 bits per heavy atom. The zero-order valence-electron chi connectivity index (χ0n) is 13.1. The molecule has 1 heterocycles. The Morgan fingerprint density at radius 3 is 2.52 bits per heavy atom. The fourth-order valence-corrected chi connectivity index (χ4v) is 4.17. The van der Waals surface area contributed by atoms with E-state index >= 15 is 0 Å². The van der Waals surface area contributed by atoms with Gasteiger partial charge in [-0.2, -0.15) is 0 Å². The van der Waals surface area contributed by atoms with Crippen LogP contribution in [0.4, 0.5) is 8.78 Å². The SMILES string of the molecule is O=C(CNC(=O)c1ccc(Br)s1)NC1(c2ccc(F)cc2F)CCC1. The van der Waals surface area contributed by atoms with Crippen molar-refractivity contribution in [3.63, 3.8) is 0 Å². The molecule has 2 amide bonds. The molecule has 0 aliphatic heterocycles. The van der Waals surface area contributed by atoms with Crippen molar-refractivity contribution in [2.45, 2.75) is 24.8 Å². The molecule has 8 heteroatoms. The Balaban J connectivity index is 1.63. The van der Waals surface area contributed by atoms with Crippen LogP contribution in [0.15, 0.2) is 34.1 Å². The van der Waals surface area contributed by atoms with E-state index in [0.29, 0.717) is 17.7 Å². The van der Waals surface area contributed by atoms with E-state index in [4.69, 9.17) is 0 Å². The minimum atomic E-state index is -0.828. The first kappa shape index (κ1) is 18.0. The molecule has 1 aliphatic carbocycles. The minimum absolute atomic E-state index is 0.209. The van der Waals surface area contributed by atoms with Crippen LogP contribution in [0.3, 0.4) is 0 Å². The molecule has 1 fully saturated rings. The normalized spacial score (nSPS) is 15.3. The zero-order chi connectivity index (χ0) is 18.0. The molecule has 1 aromatic heterocycles. The van der Waals surface area contributed by atoms with Gasteiger partial charge in [-0.25, -0.2) is 8.78 Å². The van der Waals surface area contributed by atoms with Gasteiger partial charge in [-0.1, -0.05) is 6.07 Å². The molecule has 0 unspecified atom stereocenters. The second kappa shape index (κ2) is 7.21. The first-order chi connectivity index (χ1) is 11.9. The summed E-state index contributed by atoms with van der Waals surface area (Å²) in [4.78, 5) is 24.7. The third-order valence-electron chi connectivity index (χ3n) is 4.24. The number of rotatable bonds is 5. The van der Waals surface area contributed by atoms with Gasteiger partial charge in [0, 0.05) is 11.6 Å². The first-order valence-corrected chi connectivity index (χ1v) is 9.31. The lowest BCUT2D eigenvalue weighted by Gasteiger charge is -2.43. The van der Waals surface area contributed by atoms with E-state index < -0.39 is 23.1 Å². The van der Waals surface area contributed by atoms with Gasteiger partial charge in [-0.15, -0.1) is 11.3 Å². The fourth-order valence-electron chi connectivity index (χ4n) is 2.86. The molecule has 4 nitrogen and oxygen atoms in total. The van der Waals surface area contributed by atoms with Gasteiger partial charge in [0.1, 0.15) is 11.6 Å². The fraction of sp³-hybridized carbons (Fsp3) is 0.294. The van der Waals surface area contributed by atoms with E-state index in [9.17, 15) is 18.4 Å². The van der Waals surface area contributed by atoms with Crippen molar-refractivity contribution in [1.82, 2.24) is 10.6 Å². The third-order valence-corrected chi connectivity index (χ3v) is 5.86. The molecule has 0 saturated heterocycles. The summed E-state index contributed by atoms with van der Waals surface area (Å²) in [5.41, 5.74) is -0.548. The first-order valence-electron chi connectivity index (χ1n) is 7.70. The monoisotopic (exact) mass is 428 g/mol. The van der Waals surface area contributed by atoms with Crippen LogP contribution in [0.2, 0.25) is 0 Å². The molecular formula is C17H15BrF2N2O2S. The summed E-state index contributed by atoms with van der Waals surface area (Å²) in [6.07, 6.45) is 1.99. The molecule has 0 bridgehead atoms. The van der Waals surface area contributed by atoms with E-state index in [1.807, 2.05) is 0 Å². The number of halogens is 3. The smallest absolute Gasteiger partial charge is 0.261 e. The molecule has 1 aromatic carbocycles. The second-order valence-corrected chi connectivity index (χ2v) is 8.36. The number of amides is 2. The number of thiophene rings is 1. The Hall–Kier alpha value is -1.80. The quantitative estimate of drug-likeness (QED) is 0.762. The van der Waals surface area contributed by atoms with Crippen molar-refractivity contribution in [1.29, 1.82) is 0 Å². The number of nitrogens with one attached hydrogen (secondary N) is 2. The highest BCUT2D eigenvalue weighted by Gasteiger charge is 2.41. The van der Waals surface area contributed by atoms with Gasteiger partial charge >= 0.3 is 0 Å². The third kappa shape index (κ3) is 3.90. The van der Waals surface area contributed by atoms with Crippen LogP contribution in [0.25, 0.3) is 0 Å². The van der Waals surface area contributed by atoms with Crippen LogP contribution in [0, 0.1) is 11.6 Å². The van der Waals surface area contributed by atoms with E-state index in [-0.39, 0.29) is 18.0 Å². The lowest BCUT2D eigenvalue weighted by Crippen LogP contribution is -2.53. The highest BCUT2D eigenvalue weighted by atomic mass is 79.9. The van der Waals surface area contributed by atoms with E-state index in [2.05, 4.69) is 26.6 Å². The van der Waals surface area contributed by atoms with Gasteiger partial charge in [0.2, 0.25) is 5.91 Å². The van der Waals surface area contributed by atoms with Crippen LogP contribution in [-0.4, -0.2) is 18.4 Å². The summed E-state index contributed by atoms with van der Waals surface area (Å²) in [5.74, 6) is -2.09. The lowest BCUT2D eigenvalue weighted by molar-refractivity contribution is -0.123. The van der Waals surface area contributed by atoms with Crippen LogP contribution in [0.1, 0.15) is 34.5 Å². The minimum Gasteiger partial charge on any atom is -0.345 e. The second-order valence-electron chi connectivity index (χ2n) is 5.89. The molecule has 2 aromatic rings. The molecule has 1 saturated carbocycles. The largest absolute Gasteiger partial charge is 0.345 e. The topological polar surface area (TPSA) is 58.2 Å². The van der Waals surface area contributed by atoms with E-state index in [1.54, 1.807) is 12.1 Å². The van der Waals surface area contributed by atoms with E-state index in [1.165, 1.54) is 23.5 Å². The molecule has 3 rings (SSSR count). The highest BCUT2D eigenvalue weighted by Crippen LogP contribution is 2.42. The van der Waals surface area contributed by atoms with Crippen LogP contribution in [-0.2, 0) is 10.3 Å². The summed E-state index contributed by atoms with van der Waals surface area (Å²) in [5, 5.41) is 5.34. The molecule has 1 aliphatic rings. The molecule has 25 heavy (non-hydrogen) atoms. The van der Waals surface area contributed by atoms with E-state index in [0.717, 1.165) is 16.3 Å². The summed E-state index contributed by atoms with van der Waals surface area (Å²) in [7, 11) is 0. The zero-order valence-corrected chi connectivity index (χ0v) is 15.5. The molecule has 2 N–H and O–H groups in total. The number of hydrogen-bond donors (Lipinski definition) is 2. The van der Waals surface area contributed by atoms with Gasteiger partial charge in [-0.3, -0.25) is 9.59 Å². The molecule has 132 valence electrons. The number of carbonyl (C=O) groups excluding carboxylic acids is 2. The maximum absolute atomic E-state index is 14.1. The molecule has 0 spiro atoms. The van der Waals surface area contributed by atoms with Gasteiger partial charge < -0.3 is 10.6 Å². The van der Waals surface area contributed by atoms with Gasteiger partial charge in [0.25, 0.3) is 5.91 Å². The molecular weight excluding hydrogens is 414 g/mol. The Morgan fingerprint density at radius 1 is 1.20 bits per heavy atom. The van der Waals surface area contributed by atoms with Crippen LogP contribution in [0.5, 0.6) is 0 Å². The predicted molar refractivity (Wildman–Crippen MR) is 94.4 cm³/mol. The van der Waals surface area contributed by atoms with Crippen molar-refractivity contribution < 1.29 is 18.4 Å². The number of hydrogen-bond acceptors (Lipinski definition) is 3. The summed E-state index contributed by atoms with van der Waals surface area (Å²) >= 11 is 4.54.